The molecule has 0 saturated carbocycles. The minimum Gasteiger partial charge on any atom is -0.487 e. The summed E-state index contributed by atoms with van der Waals surface area (Å²) >= 11 is 1.09. The molecule has 0 aliphatic rings. The molecule has 1 heterocycles. The molecular formula is C26H30N2O5S2. The van der Waals surface area contributed by atoms with Gasteiger partial charge in [0.2, 0.25) is 4.34 Å². The Morgan fingerprint density at radius 3 is 2.46 bits per heavy atom. The Bertz CT molecular complexity index is 1330. The Labute approximate surface area is 210 Å². The zero-order valence-corrected chi connectivity index (χ0v) is 22.1. The summed E-state index contributed by atoms with van der Waals surface area (Å²) in [6.07, 6.45) is 4.12. The van der Waals surface area contributed by atoms with E-state index in [1.54, 1.807) is 5.38 Å². The first-order valence-corrected chi connectivity index (χ1v) is 13.5. The minimum atomic E-state index is -3.86. The quantitative estimate of drug-likeness (QED) is 0.354. The van der Waals surface area contributed by atoms with Crippen LogP contribution in [0.1, 0.15) is 41.7 Å². The fourth-order valence-electron chi connectivity index (χ4n) is 3.48. The number of sulfonamides is 1. The van der Waals surface area contributed by atoms with Crippen LogP contribution < -0.4 is 9.04 Å². The van der Waals surface area contributed by atoms with Gasteiger partial charge in [0.05, 0.1) is 5.69 Å². The topological polar surface area (TPSA) is 96.8 Å². The van der Waals surface area contributed by atoms with Crippen molar-refractivity contribution in [2.45, 2.75) is 45.6 Å². The number of anilines is 1. The number of benzene rings is 2. The summed E-state index contributed by atoms with van der Waals surface area (Å²) in [5.74, 6) is -0.452. The Kier molecular flexibility index (Phi) is 8.34. The highest BCUT2D eigenvalue weighted by Crippen LogP contribution is 2.36. The summed E-state index contributed by atoms with van der Waals surface area (Å²) < 4.78 is 34.7. The van der Waals surface area contributed by atoms with Crippen LogP contribution in [0.4, 0.5) is 5.69 Å². The molecule has 0 amide bonds. The van der Waals surface area contributed by atoms with E-state index in [1.165, 1.54) is 16.6 Å². The van der Waals surface area contributed by atoms with Crippen LogP contribution in [0.5, 0.6) is 5.75 Å². The summed E-state index contributed by atoms with van der Waals surface area (Å²) in [6, 6.07) is 9.32. The maximum atomic E-state index is 13.5. The summed E-state index contributed by atoms with van der Waals surface area (Å²) in [6.45, 7) is 10.3. The number of carboxylic acid groups (broad SMARTS) is 1. The SMILES string of the molecule is Cc1cc(OCc2ccc(C=CC(=O)O)cc2C)c(N(CC(C)C)S(=O)(=O)c2nccs2)cc1C. The zero-order chi connectivity index (χ0) is 25.8. The second-order valence-corrected chi connectivity index (χ2v) is 11.7. The molecule has 0 radical (unpaired) electrons. The van der Waals surface area contributed by atoms with Gasteiger partial charge < -0.3 is 9.84 Å². The Morgan fingerprint density at radius 1 is 1.14 bits per heavy atom. The van der Waals surface area contributed by atoms with Gasteiger partial charge in [-0.2, -0.15) is 8.42 Å². The second kappa shape index (κ2) is 11.0. The summed E-state index contributed by atoms with van der Waals surface area (Å²) in [7, 11) is -3.86. The van der Waals surface area contributed by atoms with Crippen molar-refractivity contribution in [2.75, 3.05) is 10.8 Å². The lowest BCUT2D eigenvalue weighted by molar-refractivity contribution is -0.131. The van der Waals surface area contributed by atoms with Crippen LogP contribution in [-0.2, 0) is 21.4 Å². The maximum Gasteiger partial charge on any atom is 0.328 e. The number of carbonyl (C=O) groups is 1. The number of carboxylic acids is 1. The van der Waals surface area contributed by atoms with Gasteiger partial charge in [0.1, 0.15) is 12.4 Å². The lowest BCUT2D eigenvalue weighted by atomic mass is 10.0. The zero-order valence-electron chi connectivity index (χ0n) is 20.5. The van der Waals surface area contributed by atoms with E-state index < -0.39 is 16.0 Å². The van der Waals surface area contributed by atoms with Gasteiger partial charge in [0, 0.05) is 24.2 Å². The van der Waals surface area contributed by atoms with Gasteiger partial charge in [-0.15, -0.1) is 11.3 Å². The van der Waals surface area contributed by atoms with Gasteiger partial charge in [-0.1, -0.05) is 32.0 Å². The van der Waals surface area contributed by atoms with Gasteiger partial charge in [-0.05, 0) is 72.7 Å². The van der Waals surface area contributed by atoms with Crippen molar-refractivity contribution < 1.29 is 23.1 Å². The van der Waals surface area contributed by atoms with Gasteiger partial charge in [-0.25, -0.2) is 9.78 Å². The number of aliphatic carboxylic acids is 1. The van der Waals surface area contributed by atoms with Crippen LogP contribution >= 0.6 is 11.3 Å². The van der Waals surface area contributed by atoms with Crippen molar-refractivity contribution in [1.29, 1.82) is 0 Å². The van der Waals surface area contributed by atoms with E-state index in [-0.39, 0.29) is 23.4 Å². The second-order valence-electron chi connectivity index (χ2n) is 8.78. The molecule has 9 heteroatoms. The number of hydrogen-bond acceptors (Lipinski definition) is 6. The third kappa shape index (κ3) is 6.49. The number of hydrogen-bond donors (Lipinski definition) is 1. The fraction of sp³-hybridized carbons (Fsp3) is 0.308. The first-order valence-electron chi connectivity index (χ1n) is 11.2. The highest BCUT2D eigenvalue weighted by atomic mass is 32.2. The van der Waals surface area contributed by atoms with Crippen LogP contribution in [0, 0.1) is 26.7 Å². The van der Waals surface area contributed by atoms with Crippen LogP contribution in [0.2, 0.25) is 0 Å². The van der Waals surface area contributed by atoms with Gasteiger partial charge in [-0.3, -0.25) is 4.31 Å². The normalized spacial score (nSPS) is 11.8. The first-order chi connectivity index (χ1) is 16.5. The van der Waals surface area contributed by atoms with Crippen LogP contribution in [0.25, 0.3) is 6.08 Å². The predicted molar refractivity (Wildman–Crippen MR) is 140 cm³/mol. The van der Waals surface area contributed by atoms with E-state index in [2.05, 4.69) is 4.98 Å². The molecule has 35 heavy (non-hydrogen) atoms. The average Bonchev–Trinajstić information content (AvgIpc) is 3.33. The molecule has 1 N–H and O–H groups in total. The van der Waals surface area contributed by atoms with Crippen molar-refractivity contribution >= 4 is 39.1 Å². The fourth-order valence-corrected chi connectivity index (χ4v) is 6.04. The Balaban J connectivity index is 1.98. The van der Waals surface area contributed by atoms with Crippen LogP contribution in [-0.4, -0.2) is 31.0 Å². The summed E-state index contributed by atoms with van der Waals surface area (Å²) in [5.41, 5.74) is 5.07. The smallest absolute Gasteiger partial charge is 0.328 e. The molecule has 0 aliphatic heterocycles. The summed E-state index contributed by atoms with van der Waals surface area (Å²) in [4.78, 5) is 14.8. The average molecular weight is 515 g/mol. The molecule has 0 aliphatic carbocycles. The van der Waals surface area contributed by atoms with E-state index in [0.717, 1.165) is 45.2 Å². The number of aromatic nitrogens is 1. The van der Waals surface area contributed by atoms with E-state index in [1.807, 2.05) is 65.0 Å². The molecule has 3 rings (SSSR count). The van der Waals surface area contributed by atoms with Crippen molar-refractivity contribution in [3.63, 3.8) is 0 Å². The summed E-state index contributed by atoms with van der Waals surface area (Å²) in [5, 5.41) is 10.5. The molecular weight excluding hydrogens is 484 g/mol. The van der Waals surface area contributed by atoms with E-state index >= 15 is 0 Å². The van der Waals surface area contributed by atoms with E-state index in [0.29, 0.717) is 11.4 Å². The lowest BCUT2D eigenvalue weighted by Crippen LogP contribution is -2.34. The molecule has 7 nitrogen and oxygen atoms in total. The molecule has 0 fully saturated rings. The van der Waals surface area contributed by atoms with Crippen LogP contribution in [0.3, 0.4) is 0 Å². The molecule has 186 valence electrons. The predicted octanol–water partition coefficient (Wildman–Crippen LogP) is 5.60. The van der Waals surface area contributed by atoms with E-state index in [4.69, 9.17) is 9.84 Å². The molecule has 0 spiro atoms. The molecule has 3 aromatic rings. The Hall–Kier alpha value is -3.17. The maximum absolute atomic E-state index is 13.5. The molecule has 2 aromatic carbocycles. The van der Waals surface area contributed by atoms with Gasteiger partial charge in [0.25, 0.3) is 10.0 Å². The number of ether oxygens (including phenoxy) is 1. The number of nitrogens with zero attached hydrogens (tertiary/aromatic N) is 2. The molecule has 1 aromatic heterocycles. The lowest BCUT2D eigenvalue weighted by Gasteiger charge is -2.28. The van der Waals surface area contributed by atoms with Crippen molar-refractivity contribution in [3.8, 4) is 5.75 Å². The van der Waals surface area contributed by atoms with Crippen molar-refractivity contribution in [1.82, 2.24) is 4.98 Å². The largest absolute Gasteiger partial charge is 0.487 e. The number of aryl methyl sites for hydroxylation is 3. The highest BCUT2D eigenvalue weighted by molar-refractivity contribution is 7.94. The minimum absolute atomic E-state index is 0.0446. The molecule has 0 saturated heterocycles. The number of thiazole rings is 1. The van der Waals surface area contributed by atoms with Crippen molar-refractivity contribution in [3.05, 3.63) is 75.8 Å². The van der Waals surface area contributed by atoms with Crippen LogP contribution in [0.15, 0.2) is 52.3 Å². The molecule has 0 bridgehead atoms. The van der Waals surface area contributed by atoms with Gasteiger partial charge >= 0.3 is 5.97 Å². The number of rotatable bonds is 10. The Morgan fingerprint density at radius 2 is 1.86 bits per heavy atom. The first kappa shape index (κ1) is 26.4. The molecule has 0 atom stereocenters. The standard InChI is InChI=1S/C26H30N2O5S2/c1-17(2)15-28(35(31,32)26-27-10-11-34-26)23-13-18(3)19(4)14-24(23)33-16-22-8-6-21(12-20(22)5)7-9-25(29)30/h6-14,17H,15-16H2,1-5H3,(H,29,30). The third-order valence-electron chi connectivity index (χ3n) is 5.46. The van der Waals surface area contributed by atoms with E-state index in [9.17, 15) is 13.2 Å². The molecule has 0 unspecified atom stereocenters. The monoisotopic (exact) mass is 514 g/mol. The third-order valence-corrected chi connectivity index (χ3v) is 8.42. The van der Waals surface area contributed by atoms with Gasteiger partial charge in [0.15, 0.2) is 0 Å². The van der Waals surface area contributed by atoms with Crippen molar-refractivity contribution in [2.24, 2.45) is 5.92 Å². The highest BCUT2D eigenvalue weighted by Gasteiger charge is 2.30.